The molecule has 4 N–H and O–H groups in total. The number of aromatic nitrogens is 2. The van der Waals surface area contributed by atoms with E-state index in [4.69, 9.17) is 34.7 Å². The van der Waals surface area contributed by atoms with Crippen LogP contribution >= 0.6 is 0 Å². The van der Waals surface area contributed by atoms with Crippen molar-refractivity contribution >= 4 is 11.6 Å². The summed E-state index contributed by atoms with van der Waals surface area (Å²) in [6.45, 7) is 1.11. The molecule has 0 unspecified atom stereocenters. The fourth-order valence-corrected chi connectivity index (χ4v) is 3.82. The molecule has 11 nitrogen and oxygen atoms in total. The van der Waals surface area contributed by atoms with Gasteiger partial charge in [-0.2, -0.15) is 4.94 Å². The lowest BCUT2D eigenvalue weighted by Gasteiger charge is -2.17. The van der Waals surface area contributed by atoms with Crippen molar-refractivity contribution in [1.82, 2.24) is 9.13 Å². The fraction of sp³-hybridized carbons (Fsp3) is 0.200. The maximum atomic E-state index is 8.63. The number of anilines is 2. The Morgan fingerprint density at radius 3 is 1.61 bits per heavy atom. The second-order valence-corrected chi connectivity index (χ2v) is 7.25. The average Bonchev–Trinajstić information content (AvgIpc) is 3.53. The quantitative estimate of drug-likeness (QED) is 0.502. The van der Waals surface area contributed by atoms with E-state index in [-0.39, 0.29) is 24.6 Å². The summed E-state index contributed by atoms with van der Waals surface area (Å²) in [5.74, 6) is 3.85. The molecule has 0 spiro atoms. The summed E-state index contributed by atoms with van der Waals surface area (Å²) in [6.07, 6.45) is 0. The fourth-order valence-electron chi connectivity index (χ4n) is 3.82. The predicted octanol–water partition coefficient (Wildman–Crippen LogP) is 1.49. The number of nitrogens with zero attached hydrogens (tertiary/aromatic N) is 2. The van der Waals surface area contributed by atoms with E-state index >= 15 is 0 Å². The minimum absolute atomic E-state index is 0.0389. The van der Waals surface area contributed by atoms with Crippen molar-refractivity contribution in [3.05, 3.63) is 58.5 Å². The summed E-state index contributed by atoms with van der Waals surface area (Å²) in [5, 5.41) is 17.3. The zero-order valence-corrected chi connectivity index (χ0v) is 16.2. The maximum absolute atomic E-state index is 8.63. The van der Waals surface area contributed by atoms with Gasteiger partial charge in [-0.15, -0.1) is 0 Å². The Labute approximate surface area is 175 Å². The highest BCUT2D eigenvalue weighted by Crippen LogP contribution is 2.34. The molecule has 0 atom stereocenters. The van der Waals surface area contributed by atoms with E-state index in [1.54, 1.807) is 9.13 Å². The van der Waals surface area contributed by atoms with Gasteiger partial charge in [0.25, 0.3) is 0 Å². The Balaban J connectivity index is 1.39. The van der Waals surface area contributed by atoms with Gasteiger partial charge in [0.1, 0.15) is 0 Å². The number of hydrogen-bond donors (Lipinski definition) is 4. The van der Waals surface area contributed by atoms with E-state index in [0.29, 0.717) is 47.7 Å². The second kappa shape index (κ2) is 6.71. The van der Waals surface area contributed by atoms with Gasteiger partial charge in [0, 0.05) is 0 Å². The van der Waals surface area contributed by atoms with Gasteiger partial charge in [0.2, 0.25) is 13.6 Å². The molecular weight excluding hydrogens is 404 g/mol. The van der Waals surface area contributed by atoms with Gasteiger partial charge in [-0.3, -0.25) is 10.8 Å². The second-order valence-electron chi connectivity index (χ2n) is 7.25. The van der Waals surface area contributed by atoms with Gasteiger partial charge < -0.3 is 28.1 Å². The Hall–Kier alpha value is -4.12. The van der Waals surface area contributed by atoms with Gasteiger partial charge >= 0.3 is 0 Å². The summed E-state index contributed by atoms with van der Waals surface area (Å²) in [7, 11) is 0. The molecule has 3 aliphatic heterocycles. The van der Waals surface area contributed by atoms with Crippen LogP contribution in [0.1, 0.15) is 11.1 Å². The van der Waals surface area contributed by atoms with Gasteiger partial charge in [-0.1, -0.05) is 12.1 Å². The van der Waals surface area contributed by atoms with Crippen molar-refractivity contribution in [3.8, 4) is 23.0 Å². The molecule has 0 fully saturated rings. The number of hydrogen-bond acceptors (Lipinski definition) is 9. The van der Waals surface area contributed by atoms with E-state index in [1.165, 1.54) is 0 Å². The molecule has 3 aromatic rings. The van der Waals surface area contributed by atoms with Crippen molar-refractivity contribution in [2.24, 2.45) is 0 Å². The minimum atomic E-state index is 0.0389. The highest BCUT2D eigenvalue weighted by atomic mass is 16.8. The lowest BCUT2D eigenvalue weighted by atomic mass is 10.2. The lowest BCUT2D eigenvalue weighted by Crippen LogP contribution is -2.42. The van der Waals surface area contributed by atoms with Crippen LogP contribution in [0.25, 0.3) is 0 Å². The molecule has 3 aliphatic rings. The van der Waals surface area contributed by atoms with Gasteiger partial charge in [0.15, 0.2) is 45.6 Å². The van der Waals surface area contributed by atoms with E-state index in [1.807, 2.05) is 36.4 Å². The Morgan fingerprint density at radius 2 is 1.13 bits per heavy atom. The molecule has 6 rings (SSSR count). The zero-order chi connectivity index (χ0) is 20.9. The van der Waals surface area contributed by atoms with Crippen molar-refractivity contribution in [1.29, 1.82) is 10.8 Å². The smallest absolute Gasteiger partial charge is 0.231 e. The number of nitrogens with one attached hydrogen (secondary N) is 4. The number of benzene rings is 2. The largest absolute Gasteiger partial charge is 0.454 e. The first-order valence-corrected chi connectivity index (χ1v) is 9.59. The molecule has 158 valence electrons. The van der Waals surface area contributed by atoms with Crippen LogP contribution in [0.5, 0.6) is 23.0 Å². The predicted molar refractivity (Wildman–Crippen MR) is 106 cm³/mol. The number of ether oxygens (including phenoxy) is 4. The van der Waals surface area contributed by atoms with Crippen LogP contribution in [0.4, 0.5) is 11.6 Å². The van der Waals surface area contributed by atoms with E-state index < -0.39 is 0 Å². The first-order chi connectivity index (χ1) is 15.2. The third kappa shape index (κ3) is 2.86. The molecule has 31 heavy (non-hydrogen) atoms. The van der Waals surface area contributed by atoms with Crippen molar-refractivity contribution in [2.75, 3.05) is 24.5 Å². The highest BCUT2D eigenvalue weighted by molar-refractivity contribution is 5.62. The minimum Gasteiger partial charge on any atom is -0.454 e. The molecule has 2 aromatic carbocycles. The number of fused-ring (bicyclic) bond motifs is 3. The van der Waals surface area contributed by atoms with E-state index in [0.717, 1.165) is 11.1 Å². The highest BCUT2D eigenvalue weighted by Gasteiger charge is 2.23. The monoisotopic (exact) mass is 422 g/mol. The topological polar surface area (TPSA) is 128 Å². The van der Waals surface area contributed by atoms with Crippen LogP contribution in [0.3, 0.4) is 0 Å². The normalized spacial score (nSPS) is 14.8. The molecule has 11 heteroatoms. The standard InChI is InChI=1S/C20H18N6O5/c21-17-18(22)26(8-12-2-4-14-16(6-12)30-10-28-14)20-19(23-31-24-20)25(17)7-11-1-3-13-15(5-11)29-9-27-13/h1-6,21-24H,7-10H2. The van der Waals surface area contributed by atoms with Crippen LogP contribution in [-0.4, -0.2) is 22.7 Å². The van der Waals surface area contributed by atoms with Crippen molar-refractivity contribution < 1.29 is 23.9 Å². The van der Waals surface area contributed by atoms with E-state index in [2.05, 4.69) is 11.0 Å². The van der Waals surface area contributed by atoms with Crippen LogP contribution in [0.15, 0.2) is 36.4 Å². The summed E-state index contributed by atoms with van der Waals surface area (Å²) >= 11 is 0. The SMILES string of the molecule is N=c1c(=N)n(Cc2ccc3c(c2)OCO3)c2c(n1Cc1ccc3c(c1)OCO3)NON2. The van der Waals surface area contributed by atoms with Crippen molar-refractivity contribution in [3.63, 3.8) is 0 Å². The maximum Gasteiger partial charge on any atom is 0.231 e. The van der Waals surface area contributed by atoms with E-state index in [9.17, 15) is 0 Å². The van der Waals surface area contributed by atoms with Crippen molar-refractivity contribution in [2.45, 2.75) is 13.1 Å². The van der Waals surface area contributed by atoms with Crippen LogP contribution in [0.2, 0.25) is 0 Å². The molecule has 1 aromatic heterocycles. The van der Waals surface area contributed by atoms with Gasteiger partial charge in [-0.05, 0) is 35.4 Å². The summed E-state index contributed by atoms with van der Waals surface area (Å²) < 4.78 is 25.0. The molecule has 4 heterocycles. The molecule has 0 amide bonds. The zero-order valence-electron chi connectivity index (χ0n) is 16.2. The first-order valence-electron chi connectivity index (χ1n) is 9.59. The third-order valence-electron chi connectivity index (χ3n) is 5.38. The molecule has 0 radical (unpaired) electrons. The van der Waals surface area contributed by atoms with Crippen LogP contribution in [-0.2, 0) is 18.0 Å². The molecule has 0 saturated carbocycles. The van der Waals surface area contributed by atoms with Gasteiger partial charge in [-0.25, -0.2) is 11.0 Å². The lowest BCUT2D eigenvalue weighted by molar-refractivity contribution is 0.173. The molecule has 0 saturated heterocycles. The third-order valence-corrected chi connectivity index (χ3v) is 5.38. The summed E-state index contributed by atoms with van der Waals surface area (Å²) in [4.78, 5) is 5.23. The van der Waals surface area contributed by atoms with Gasteiger partial charge in [0.05, 0.1) is 13.1 Å². The Kier molecular flexibility index (Phi) is 3.83. The average molecular weight is 422 g/mol. The molecular formula is C20H18N6O5. The van der Waals surface area contributed by atoms with Crippen LogP contribution < -0.4 is 40.9 Å². The Morgan fingerprint density at radius 1 is 0.677 bits per heavy atom. The molecule has 0 aliphatic carbocycles. The number of rotatable bonds is 4. The Bertz CT molecular complexity index is 1230. The summed E-state index contributed by atoms with van der Waals surface area (Å²) in [6, 6.07) is 11.3. The molecule has 0 bridgehead atoms. The first kappa shape index (κ1) is 17.7. The van der Waals surface area contributed by atoms with Crippen LogP contribution in [0, 0.1) is 10.8 Å². The summed E-state index contributed by atoms with van der Waals surface area (Å²) in [5.41, 5.74) is 7.50.